The number of carbonyl (C=O) groups is 1. The van der Waals surface area contributed by atoms with Crippen LogP contribution in [0.25, 0.3) is 0 Å². The zero-order chi connectivity index (χ0) is 12.0. The fourth-order valence-electron chi connectivity index (χ4n) is 4.13. The molecule has 2 rings (SSSR count). The number of Topliss-reactive ketones (excluding diaryl/α,β-unsaturated/α-hetero) is 1. The molecule has 0 bridgehead atoms. The van der Waals surface area contributed by atoms with Crippen LogP contribution in [0.3, 0.4) is 0 Å². The Morgan fingerprint density at radius 2 is 2.19 bits per heavy atom. The molecule has 2 fully saturated rings. The number of ketones is 1. The third-order valence-corrected chi connectivity index (χ3v) is 5.46. The molecule has 1 nitrogen and oxygen atoms in total. The smallest absolute Gasteiger partial charge is 0.134 e. The van der Waals surface area contributed by atoms with Crippen LogP contribution in [0.2, 0.25) is 0 Å². The standard InChI is InChI=1S/C15H24O/c1-5-15-8-12(11(2)3)6-7-14(15,4)9-13(16)10-15/h12H,2,5-10H2,1,3-4H3/t12-,14-,15+/m1/s1. The molecule has 1 heteroatoms. The van der Waals surface area contributed by atoms with Gasteiger partial charge in [0.2, 0.25) is 0 Å². The third kappa shape index (κ3) is 1.56. The highest BCUT2D eigenvalue weighted by molar-refractivity contribution is 5.83. The van der Waals surface area contributed by atoms with Crippen molar-refractivity contribution in [3.63, 3.8) is 0 Å². The van der Waals surface area contributed by atoms with E-state index in [2.05, 4.69) is 27.4 Å². The summed E-state index contributed by atoms with van der Waals surface area (Å²) in [6, 6.07) is 0. The summed E-state index contributed by atoms with van der Waals surface area (Å²) in [6.45, 7) is 10.9. The summed E-state index contributed by atoms with van der Waals surface area (Å²) in [6.07, 6.45) is 6.44. The van der Waals surface area contributed by atoms with Crippen LogP contribution in [0.1, 0.15) is 59.3 Å². The summed E-state index contributed by atoms with van der Waals surface area (Å²) >= 11 is 0. The van der Waals surface area contributed by atoms with Crippen LogP contribution in [0.5, 0.6) is 0 Å². The Morgan fingerprint density at radius 1 is 1.50 bits per heavy atom. The Bertz CT molecular complexity index is 330. The fourth-order valence-corrected chi connectivity index (χ4v) is 4.13. The Balaban J connectivity index is 2.29. The summed E-state index contributed by atoms with van der Waals surface area (Å²) < 4.78 is 0. The van der Waals surface area contributed by atoms with Crippen molar-refractivity contribution in [2.75, 3.05) is 0 Å². The highest BCUT2D eigenvalue weighted by Crippen LogP contribution is 2.63. The number of hydrogen-bond donors (Lipinski definition) is 0. The molecule has 0 unspecified atom stereocenters. The van der Waals surface area contributed by atoms with E-state index < -0.39 is 0 Å². The van der Waals surface area contributed by atoms with E-state index in [0.717, 1.165) is 19.3 Å². The average Bonchev–Trinajstić information content (AvgIpc) is 2.47. The first kappa shape index (κ1) is 11.9. The monoisotopic (exact) mass is 220 g/mol. The largest absolute Gasteiger partial charge is 0.300 e. The van der Waals surface area contributed by atoms with Crippen molar-refractivity contribution >= 4 is 5.78 Å². The topological polar surface area (TPSA) is 17.1 Å². The lowest BCUT2D eigenvalue weighted by molar-refractivity contribution is -0.118. The van der Waals surface area contributed by atoms with Crippen LogP contribution in [0, 0.1) is 16.7 Å². The predicted molar refractivity (Wildman–Crippen MR) is 67.2 cm³/mol. The van der Waals surface area contributed by atoms with Gasteiger partial charge in [0.25, 0.3) is 0 Å². The molecule has 0 amide bonds. The molecule has 2 saturated carbocycles. The SMILES string of the molecule is C=C(C)[C@@H]1CC[C@]2(C)CC(=O)C[C@]2(CC)C1. The second kappa shape index (κ2) is 3.72. The molecule has 0 saturated heterocycles. The van der Waals surface area contributed by atoms with Gasteiger partial charge in [0, 0.05) is 12.8 Å². The van der Waals surface area contributed by atoms with Gasteiger partial charge in [-0.1, -0.05) is 26.0 Å². The van der Waals surface area contributed by atoms with Gasteiger partial charge in [-0.3, -0.25) is 4.79 Å². The molecule has 0 N–H and O–H groups in total. The maximum absolute atomic E-state index is 11.8. The zero-order valence-electron chi connectivity index (χ0n) is 10.9. The normalized spacial score (nSPS) is 43.2. The summed E-state index contributed by atoms with van der Waals surface area (Å²) in [5, 5.41) is 0. The third-order valence-electron chi connectivity index (χ3n) is 5.46. The first-order valence-electron chi connectivity index (χ1n) is 6.59. The van der Waals surface area contributed by atoms with Gasteiger partial charge in [0.05, 0.1) is 0 Å². The number of rotatable bonds is 2. The molecule has 0 aromatic carbocycles. The van der Waals surface area contributed by atoms with Crippen molar-refractivity contribution < 1.29 is 4.79 Å². The Hall–Kier alpha value is -0.590. The molecule has 0 aromatic heterocycles. The second-order valence-electron chi connectivity index (χ2n) is 6.37. The summed E-state index contributed by atoms with van der Waals surface area (Å²) in [4.78, 5) is 11.8. The predicted octanol–water partition coefficient (Wildman–Crippen LogP) is 4.13. The molecular weight excluding hydrogens is 196 g/mol. The van der Waals surface area contributed by atoms with E-state index in [1.54, 1.807) is 0 Å². The van der Waals surface area contributed by atoms with Gasteiger partial charge in [0.1, 0.15) is 5.78 Å². The molecule has 90 valence electrons. The average molecular weight is 220 g/mol. The van der Waals surface area contributed by atoms with E-state index in [-0.39, 0.29) is 10.8 Å². The molecule has 2 aliphatic carbocycles. The summed E-state index contributed by atoms with van der Waals surface area (Å²) in [5.41, 5.74) is 1.88. The summed E-state index contributed by atoms with van der Waals surface area (Å²) in [5.74, 6) is 1.14. The lowest BCUT2D eigenvalue weighted by Gasteiger charge is -2.50. The maximum Gasteiger partial charge on any atom is 0.134 e. The van der Waals surface area contributed by atoms with Crippen molar-refractivity contribution in [1.29, 1.82) is 0 Å². The van der Waals surface area contributed by atoms with Gasteiger partial charge in [-0.05, 0) is 49.4 Å². The van der Waals surface area contributed by atoms with E-state index in [9.17, 15) is 4.79 Å². The molecule has 0 spiro atoms. The molecule has 0 radical (unpaired) electrons. The van der Waals surface area contributed by atoms with Crippen molar-refractivity contribution in [3.8, 4) is 0 Å². The van der Waals surface area contributed by atoms with E-state index in [1.807, 2.05) is 0 Å². The molecule has 3 atom stereocenters. The quantitative estimate of drug-likeness (QED) is 0.639. The van der Waals surface area contributed by atoms with Crippen LogP contribution in [-0.2, 0) is 4.79 Å². The Morgan fingerprint density at radius 3 is 2.75 bits per heavy atom. The first-order chi connectivity index (χ1) is 7.42. The van der Waals surface area contributed by atoms with Crippen LogP contribution >= 0.6 is 0 Å². The zero-order valence-corrected chi connectivity index (χ0v) is 10.9. The van der Waals surface area contributed by atoms with Gasteiger partial charge in [-0.25, -0.2) is 0 Å². The van der Waals surface area contributed by atoms with Gasteiger partial charge in [-0.2, -0.15) is 0 Å². The first-order valence-corrected chi connectivity index (χ1v) is 6.59. The highest BCUT2D eigenvalue weighted by atomic mass is 16.1. The fraction of sp³-hybridized carbons (Fsp3) is 0.800. The van der Waals surface area contributed by atoms with Gasteiger partial charge in [0.15, 0.2) is 0 Å². The molecule has 0 heterocycles. The molecule has 16 heavy (non-hydrogen) atoms. The van der Waals surface area contributed by atoms with Gasteiger partial charge in [-0.15, -0.1) is 0 Å². The van der Waals surface area contributed by atoms with Crippen LogP contribution in [-0.4, -0.2) is 5.78 Å². The number of allylic oxidation sites excluding steroid dienone is 1. The minimum absolute atomic E-state index is 0.283. The minimum atomic E-state index is 0.283. The highest BCUT2D eigenvalue weighted by Gasteiger charge is 2.56. The molecular formula is C15H24O. The van der Waals surface area contributed by atoms with Crippen molar-refractivity contribution in [1.82, 2.24) is 0 Å². The van der Waals surface area contributed by atoms with E-state index in [0.29, 0.717) is 11.7 Å². The van der Waals surface area contributed by atoms with Crippen molar-refractivity contribution in [3.05, 3.63) is 12.2 Å². The lowest BCUT2D eigenvalue weighted by atomic mass is 9.54. The number of carbonyl (C=O) groups excluding carboxylic acids is 1. The maximum atomic E-state index is 11.8. The number of hydrogen-bond acceptors (Lipinski definition) is 1. The van der Waals surface area contributed by atoms with Gasteiger partial charge < -0.3 is 0 Å². The van der Waals surface area contributed by atoms with Crippen molar-refractivity contribution in [2.24, 2.45) is 16.7 Å². The second-order valence-corrected chi connectivity index (χ2v) is 6.37. The van der Waals surface area contributed by atoms with Crippen LogP contribution < -0.4 is 0 Å². The lowest BCUT2D eigenvalue weighted by Crippen LogP contribution is -2.41. The van der Waals surface area contributed by atoms with E-state index >= 15 is 0 Å². The van der Waals surface area contributed by atoms with Crippen LogP contribution in [0.15, 0.2) is 12.2 Å². The summed E-state index contributed by atoms with van der Waals surface area (Å²) in [7, 11) is 0. The van der Waals surface area contributed by atoms with E-state index in [1.165, 1.54) is 24.8 Å². The van der Waals surface area contributed by atoms with Gasteiger partial charge >= 0.3 is 0 Å². The molecule has 2 aliphatic rings. The molecule has 0 aromatic rings. The number of fused-ring (bicyclic) bond motifs is 1. The van der Waals surface area contributed by atoms with Crippen molar-refractivity contribution in [2.45, 2.75) is 59.3 Å². The minimum Gasteiger partial charge on any atom is -0.300 e. The Labute approximate surface area is 99.3 Å². The van der Waals surface area contributed by atoms with Crippen LogP contribution in [0.4, 0.5) is 0 Å². The molecule has 0 aliphatic heterocycles. The Kier molecular flexibility index (Phi) is 2.76. The van der Waals surface area contributed by atoms with E-state index in [4.69, 9.17) is 0 Å².